The number of alkyl halides is 1. The summed E-state index contributed by atoms with van der Waals surface area (Å²) in [6.45, 7) is 4.72. The fourth-order valence-corrected chi connectivity index (χ4v) is 2.11. The Kier molecular flexibility index (Phi) is 6.66. The van der Waals surface area contributed by atoms with Gasteiger partial charge in [-0.15, -0.1) is 0 Å². The molecule has 0 aliphatic carbocycles. The highest BCUT2D eigenvalue weighted by Gasteiger charge is 2.57. The minimum Gasteiger partial charge on any atom is -0.466 e. The van der Waals surface area contributed by atoms with E-state index in [1.807, 2.05) is 0 Å². The van der Waals surface area contributed by atoms with Gasteiger partial charge in [0.15, 0.2) is 0 Å². The van der Waals surface area contributed by atoms with Crippen LogP contribution in [0.25, 0.3) is 0 Å². The Labute approximate surface area is 149 Å². The Balaban J connectivity index is 3.41. The Bertz CT molecular complexity index is 653. The zero-order valence-electron chi connectivity index (χ0n) is 15.1. The fraction of sp³-hybridized carbons (Fsp3) is 0.471. The number of halogens is 2. The highest BCUT2D eigenvalue weighted by atomic mass is 19.1. The standard InChI is InChI=1S/C17H21F2NO6/c1-16(2,3)26-15(23)20-12(10-6-8-11(18)9-7-10)17(19,13(21)24-4)14(22)25-5/h6-9,12H,1-5H3,(H,20,23)/t12-/m0/s1. The van der Waals surface area contributed by atoms with Crippen LogP contribution in [0.3, 0.4) is 0 Å². The molecule has 0 spiro atoms. The summed E-state index contributed by atoms with van der Waals surface area (Å²) in [6.07, 6.45) is -1.10. The van der Waals surface area contributed by atoms with E-state index in [4.69, 9.17) is 4.74 Å². The molecule has 9 heteroatoms. The topological polar surface area (TPSA) is 90.9 Å². The first kappa shape index (κ1) is 21.3. The minimum absolute atomic E-state index is 0.0736. The molecule has 0 saturated carbocycles. The Hall–Kier alpha value is -2.71. The average molecular weight is 373 g/mol. The molecule has 0 saturated heterocycles. The Morgan fingerprint density at radius 2 is 1.46 bits per heavy atom. The van der Waals surface area contributed by atoms with Gasteiger partial charge in [0.05, 0.1) is 14.2 Å². The van der Waals surface area contributed by atoms with Gasteiger partial charge in [-0.3, -0.25) is 0 Å². The maximum atomic E-state index is 15.5. The Morgan fingerprint density at radius 1 is 1.00 bits per heavy atom. The van der Waals surface area contributed by atoms with Crippen molar-refractivity contribution in [2.24, 2.45) is 0 Å². The lowest BCUT2D eigenvalue weighted by atomic mass is 9.90. The third-order valence-corrected chi connectivity index (χ3v) is 3.23. The van der Waals surface area contributed by atoms with E-state index in [1.54, 1.807) is 20.8 Å². The van der Waals surface area contributed by atoms with Crippen LogP contribution in [0.5, 0.6) is 0 Å². The number of amides is 1. The molecule has 0 bridgehead atoms. The number of carbonyl (C=O) groups is 3. The molecule has 7 nitrogen and oxygen atoms in total. The predicted octanol–water partition coefficient (Wildman–Crippen LogP) is 2.45. The summed E-state index contributed by atoms with van der Waals surface area (Å²) < 4.78 is 42.5. The summed E-state index contributed by atoms with van der Waals surface area (Å²) in [6, 6.07) is 2.30. The van der Waals surface area contributed by atoms with Crippen molar-refractivity contribution in [2.45, 2.75) is 38.1 Å². The highest BCUT2D eigenvalue weighted by Crippen LogP contribution is 2.33. The molecular formula is C17H21F2NO6. The number of carbonyl (C=O) groups excluding carboxylic acids is 3. The summed E-state index contributed by atoms with van der Waals surface area (Å²) in [5, 5.41) is 2.12. The van der Waals surface area contributed by atoms with E-state index >= 15 is 4.39 Å². The molecule has 1 aromatic rings. The second-order valence-electron chi connectivity index (χ2n) is 6.33. The second kappa shape index (κ2) is 8.11. The third-order valence-electron chi connectivity index (χ3n) is 3.23. The van der Waals surface area contributed by atoms with Gasteiger partial charge in [0.2, 0.25) is 0 Å². The van der Waals surface area contributed by atoms with E-state index in [0.29, 0.717) is 0 Å². The first-order valence-corrected chi connectivity index (χ1v) is 7.56. The van der Waals surface area contributed by atoms with Gasteiger partial charge in [0.25, 0.3) is 0 Å². The van der Waals surface area contributed by atoms with Crippen molar-refractivity contribution in [3.05, 3.63) is 35.6 Å². The molecule has 0 unspecified atom stereocenters. The van der Waals surface area contributed by atoms with E-state index in [9.17, 15) is 18.8 Å². The predicted molar refractivity (Wildman–Crippen MR) is 86.4 cm³/mol. The normalized spacial score (nSPS) is 12.7. The van der Waals surface area contributed by atoms with Gasteiger partial charge in [0, 0.05) is 0 Å². The zero-order chi connectivity index (χ0) is 20.1. The van der Waals surface area contributed by atoms with E-state index in [-0.39, 0.29) is 5.56 Å². The Morgan fingerprint density at radius 3 is 1.85 bits per heavy atom. The number of nitrogens with one attached hydrogen (secondary N) is 1. The number of methoxy groups -OCH3 is 2. The molecule has 0 fully saturated rings. The molecule has 0 heterocycles. The van der Waals surface area contributed by atoms with Crippen LogP contribution in [0.1, 0.15) is 32.4 Å². The highest BCUT2D eigenvalue weighted by molar-refractivity contribution is 6.05. The first-order chi connectivity index (χ1) is 12.0. The monoisotopic (exact) mass is 373 g/mol. The lowest BCUT2D eigenvalue weighted by Gasteiger charge is -2.31. The smallest absolute Gasteiger partial charge is 0.408 e. The number of alkyl carbamates (subject to hydrolysis) is 1. The summed E-state index contributed by atoms with van der Waals surface area (Å²) >= 11 is 0. The van der Waals surface area contributed by atoms with Crippen LogP contribution in [0.2, 0.25) is 0 Å². The average Bonchev–Trinajstić information content (AvgIpc) is 2.56. The molecule has 1 rings (SSSR count). The molecule has 0 aliphatic rings. The SMILES string of the molecule is COC(=O)C(F)(C(=O)OC)[C@@H](NC(=O)OC(C)(C)C)c1ccc(F)cc1. The molecule has 1 N–H and O–H groups in total. The van der Waals surface area contributed by atoms with Gasteiger partial charge in [-0.05, 0) is 38.5 Å². The molecule has 0 radical (unpaired) electrons. The van der Waals surface area contributed by atoms with E-state index in [0.717, 1.165) is 38.5 Å². The van der Waals surface area contributed by atoms with Crippen LogP contribution >= 0.6 is 0 Å². The van der Waals surface area contributed by atoms with Crippen molar-refractivity contribution in [1.29, 1.82) is 0 Å². The van der Waals surface area contributed by atoms with Crippen molar-refractivity contribution >= 4 is 18.0 Å². The van der Waals surface area contributed by atoms with Crippen LogP contribution in [0, 0.1) is 5.82 Å². The van der Waals surface area contributed by atoms with Gasteiger partial charge in [-0.2, -0.15) is 0 Å². The number of benzene rings is 1. The van der Waals surface area contributed by atoms with Crippen LogP contribution in [-0.2, 0) is 23.8 Å². The lowest BCUT2D eigenvalue weighted by Crippen LogP contribution is -2.55. The maximum Gasteiger partial charge on any atom is 0.408 e. The van der Waals surface area contributed by atoms with Gasteiger partial charge in [-0.25, -0.2) is 23.2 Å². The van der Waals surface area contributed by atoms with Crippen LogP contribution in [0.15, 0.2) is 24.3 Å². The van der Waals surface area contributed by atoms with Crippen molar-refractivity contribution in [3.63, 3.8) is 0 Å². The van der Waals surface area contributed by atoms with Crippen LogP contribution in [0.4, 0.5) is 13.6 Å². The van der Waals surface area contributed by atoms with Crippen LogP contribution in [-0.4, -0.2) is 43.5 Å². The van der Waals surface area contributed by atoms with E-state index < -0.39 is 41.2 Å². The third kappa shape index (κ3) is 4.90. The van der Waals surface area contributed by atoms with Crippen molar-refractivity contribution in [1.82, 2.24) is 5.32 Å². The molecule has 1 amide bonds. The summed E-state index contributed by atoms with van der Waals surface area (Å²) in [5.74, 6) is -3.81. The lowest BCUT2D eigenvalue weighted by molar-refractivity contribution is -0.174. The molecule has 1 atom stereocenters. The molecule has 1 aromatic carbocycles. The van der Waals surface area contributed by atoms with Crippen molar-refractivity contribution in [3.8, 4) is 0 Å². The van der Waals surface area contributed by atoms with Gasteiger partial charge < -0.3 is 19.5 Å². The summed E-state index contributed by atoms with van der Waals surface area (Å²) in [7, 11) is 1.74. The summed E-state index contributed by atoms with van der Waals surface area (Å²) in [4.78, 5) is 36.1. The molecule has 144 valence electrons. The fourth-order valence-electron chi connectivity index (χ4n) is 2.11. The van der Waals surface area contributed by atoms with Gasteiger partial charge in [-0.1, -0.05) is 12.1 Å². The number of ether oxygens (including phenoxy) is 3. The quantitative estimate of drug-likeness (QED) is 0.484. The van der Waals surface area contributed by atoms with E-state index in [1.165, 1.54) is 0 Å². The maximum absolute atomic E-state index is 15.5. The minimum atomic E-state index is -3.42. The van der Waals surface area contributed by atoms with E-state index in [2.05, 4.69) is 14.8 Å². The van der Waals surface area contributed by atoms with Gasteiger partial charge >= 0.3 is 23.7 Å². The van der Waals surface area contributed by atoms with Crippen molar-refractivity contribution < 1.29 is 37.4 Å². The largest absolute Gasteiger partial charge is 0.466 e. The second-order valence-corrected chi connectivity index (χ2v) is 6.33. The number of hydrogen-bond acceptors (Lipinski definition) is 6. The number of rotatable bonds is 5. The van der Waals surface area contributed by atoms with Crippen molar-refractivity contribution in [2.75, 3.05) is 14.2 Å². The number of esters is 2. The molecular weight excluding hydrogens is 352 g/mol. The zero-order valence-corrected chi connectivity index (χ0v) is 15.1. The van der Waals surface area contributed by atoms with Gasteiger partial charge in [0.1, 0.15) is 17.5 Å². The summed E-state index contributed by atoms with van der Waals surface area (Å²) in [5.41, 5.74) is -4.42. The first-order valence-electron chi connectivity index (χ1n) is 7.56. The molecule has 0 aromatic heterocycles. The number of hydrogen-bond donors (Lipinski definition) is 1. The molecule has 0 aliphatic heterocycles. The molecule has 26 heavy (non-hydrogen) atoms. The van der Waals surface area contributed by atoms with Crippen LogP contribution < -0.4 is 5.32 Å².